The zero-order valence-corrected chi connectivity index (χ0v) is 10.5. The van der Waals surface area contributed by atoms with Crippen LogP contribution in [0.25, 0.3) is 0 Å². The van der Waals surface area contributed by atoms with Gasteiger partial charge in [0.1, 0.15) is 0 Å². The van der Waals surface area contributed by atoms with Crippen LogP contribution in [-0.4, -0.2) is 23.7 Å². The van der Waals surface area contributed by atoms with Crippen LogP contribution in [0.2, 0.25) is 0 Å². The molecule has 0 aliphatic carbocycles. The second-order valence-electron chi connectivity index (χ2n) is 4.08. The second-order valence-corrected chi connectivity index (χ2v) is 4.08. The number of carboxylic acids is 1. The summed E-state index contributed by atoms with van der Waals surface area (Å²) in [6, 6.07) is 6.93. The maximum Gasteiger partial charge on any atom is 0.338 e. The average molecular weight is 250 g/mol. The summed E-state index contributed by atoms with van der Waals surface area (Å²) in [4.78, 5) is 22.1. The third kappa shape index (κ3) is 4.99. The van der Waals surface area contributed by atoms with Gasteiger partial charge in [0.25, 0.3) is 0 Å². The highest BCUT2D eigenvalue weighted by Gasteiger charge is 2.08. The molecule has 1 N–H and O–H groups in total. The number of rotatable bonds is 7. The van der Waals surface area contributed by atoms with E-state index in [1.54, 1.807) is 18.2 Å². The van der Waals surface area contributed by atoms with E-state index in [2.05, 4.69) is 0 Å². The minimum Gasteiger partial charge on any atom is -0.481 e. The molecule has 0 aliphatic heterocycles. The van der Waals surface area contributed by atoms with Crippen LogP contribution in [0.4, 0.5) is 0 Å². The van der Waals surface area contributed by atoms with Crippen LogP contribution in [-0.2, 0) is 16.0 Å². The number of esters is 1. The summed E-state index contributed by atoms with van der Waals surface area (Å²) >= 11 is 0. The van der Waals surface area contributed by atoms with Crippen molar-refractivity contribution in [3.05, 3.63) is 35.4 Å². The summed E-state index contributed by atoms with van der Waals surface area (Å²) in [5.74, 6) is -1.19. The van der Waals surface area contributed by atoms with Gasteiger partial charge in [-0.25, -0.2) is 4.79 Å². The molecule has 1 aromatic carbocycles. The number of hydrogen-bond acceptors (Lipinski definition) is 3. The molecule has 0 spiro atoms. The molecule has 18 heavy (non-hydrogen) atoms. The van der Waals surface area contributed by atoms with E-state index in [0.717, 1.165) is 18.4 Å². The van der Waals surface area contributed by atoms with E-state index >= 15 is 0 Å². The molecular formula is C14H18O4. The number of ether oxygens (including phenoxy) is 1. The third-order valence-electron chi connectivity index (χ3n) is 2.52. The summed E-state index contributed by atoms with van der Waals surface area (Å²) in [6.07, 6.45) is 2.32. The van der Waals surface area contributed by atoms with Crippen molar-refractivity contribution in [1.82, 2.24) is 0 Å². The number of hydrogen-bond donors (Lipinski definition) is 1. The minimum absolute atomic E-state index is 0.0638. The quantitative estimate of drug-likeness (QED) is 0.597. The predicted octanol–water partition coefficient (Wildman–Crippen LogP) is 2.66. The van der Waals surface area contributed by atoms with E-state index in [-0.39, 0.29) is 12.4 Å². The van der Waals surface area contributed by atoms with Crippen molar-refractivity contribution in [2.24, 2.45) is 0 Å². The van der Waals surface area contributed by atoms with Gasteiger partial charge in [-0.15, -0.1) is 0 Å². The van der Waals surface area contributed by atoms with E-state index in [1.807, 2.05) is 13.0 Å². The maximum absolute atomic E-state index is 11.7. The highest BCUT2D eigenvalue weighted by atomic mass is 16.5. The largest absolute Gasteiger partial charge is 0.481 e. The molecule has 4 heteroatoms. The molecule has 1 aromatic rings. The van der Waals surface area contributed by atoms with Crippen LogP contribution in [0.15, 0.2) is 24.3 Å². The Hall–Kier alpha value is -1.84. The number of carbonyl (C=O) groups excluding carboxylic acids is 1. The zero-order valence-electron chi connectivity index (χ0n) is 10.5. The SMILES string of the molecule is CCCCOC(=O)c1cccc(CCC(=O)O)c1. The topological polar surface area (TPSA) is 63.6 Å². The summed E-state index contributed by atoms with van der Waals surface area (Å²) in [6.45, 7) is 2.45. The van der Waals surface area contributed by atoms with Crippen molar-refractivity contribution >= 4 is 11.9 Å². The standard InChI is InChI=1S/C14H18O4/c1-2-3-9-18-14(17)12-6-4-5-11(10-12)7-8-13(15)16/h4-6,10H,2-3,7-9H2,1H3,(H,15,16). The van der Waals surface area contributed by atoms with E-state index in [9.17, 15) is 9.59 Å². The van der Waals surface area contributed by atoms with Crippen LogP contribution in [0.1, 0.15) is 42.1 Å². The monoisotopic (exact) mass is 250 g/mol. The van der Waals surface area contributed by atoms with Crippen molar-refractivity contribution in [2.45, 2.75) is 32.6 Å². The lowest BCUT2D eigenvalue weighted by atomic mass is 10.1. The molecule has 0 atom stereocenters. The number of unbranched alkanes of at least 4 members (excludes halogenated alkanes) is 1. The van der Waals surface area contributed by atoms with Crippen LogP contribution in [0.5, 0.6) is 0 Å². The lowest BCUT2D eigenvalue weighted by molar-refractivity contribution is -0.136. The van der Waals surface area contributed by atoms with Gasteiger partial charge in [0, 0.05) is 6.42 Å². The van der Waals surface area contributed by atoms with E-state index in [0.29, 0.717) is 18.6 Å². The van der Waals surface area contributed by atoms with Crippen molar-refractivity contribution in [3.63, 3.8) is 0 Å². The molecule has 0 aromatic heterocycles. The van der Waals surface area contributed by atoms with Crippen LogP contribution in [0, 0.1) is 0 Å². The molecule has 1 rings (SSSR count). The first-order valence-corrected chi connectivity index (χ1v) is 6.11. The van der Waals surface area contributed by atoms with Crippen LogP contribution < -0.4 is 0 Å². The Balaban J connectivity index is 2.57. The second kappa shape index (κ2) is 7.48. The molecule has 0 saturated heterocycles. The molecule has 0 fully saturated rings. The Bertz CT molecular complexity index is 412. The molecular weight excluding hydrogens is 232 g/mol. The number of aliphatic carboxylic acids is 1. The lowest BCUT2D eigenvalue weighted by Gasteiger charge is -2.05. The smallest absolute Gasteiger partial charge is 0.338 e. The molecule has 0 unspecified atom stereocenters. The Morgan fingerprint density at radius 1 is 1.33 bits per heavy atom. The molecule has 0 amide bonds. The number of benzene rings is 1. The molecule has 0 radical (unpaired) electrons. The summed E-state index contributed by atoms with van der Waals surface area (Å²) in [5.41, 5.74) is 1.32. The van der Waals surface area contributed by atoms with Gasteiger partial charge in [0.15, 0.2) is 0 Å². The Morgan fingerprint density at radius 3 is 2.78 bits per heavy atom. The fraction of sp³-hybridized carbons (Fsp3) is 0.429. The van der Waals surface area contributed by atoms with Gasteiger partial charge in [-0.3, -0.25) is 4.79 Å². The molecule has 98 valence electrons. The summed E-state index contributed by atoms with van der Waals surface area (Å²) in [7, 11) is 0. The Labute approximate surface area is 107 Å². The van der Waals surface area contributed by atoms with E-state index < -0.39 is 5.97 Å². The predicted molar refractivity (Wildman–Crippen MR) is 67.6 cm³/mol. The minimum atomic E-state index is -0.842. The molecule has 0 bridgehead atoms. The van der Waals surface area contributed by atoms with Gasteiger partial charge < -0.3 is 9.84 Å². The molecule has 0 saturated carbocycles. The maximum atomic E-state index is 11.7. The average Bonchev–Trinajstić information content (AvgIpc) is 2.37. The summed E-state index contributed by atoms with van der Waals surface area (Å²) < 4.78 is 5.09. The van der Waals surface area contributed by atoms with Gasteiger partial charge in [-0.05, 0) is 30.5 Å². The first-order chi connectivity index (χ1) is 8.63. The first kappa shape index (κ1) is 14.2. The highest BCUT2D eigenvalue weighted by molar-refractivity contribution is 5.89. The van der Waals surface area contributed by atoms with Gasteiger partial charge in [-0.2, -0.15) is 0 Å². The fourth-order valence-corrected chi connectivity index (χ4v) is 1.50. The molecule has 4 nitrogen and oxygen atoms in total. The molecule has 0 aliphatic rings. The normalized spacial score (nSPS) is 10.1. The van der Waals surface area contributed by atoms with Crippen molar-refractivity contribution in [3.8, 4) is 0 Å². The van der Waals surface area contributed by atoms with Crippen LogP contribution >= 0.6 is 0 Å². The Morgan fingerprint density at radius 2 is 2.11 bits per heavy atom. The fourth-order valence-electron chi connectivity index (χ4n) is 1.50. The van der Waals surface area contributed by atoms with Gasteiger partial charge in [-0.1, -0.05) is 25.5 Å². The van der Waals surface area contributed by atoms with E-state index in [1.165, 1.54) is 0 Å². The van der Waals surface area contributed by atoms with Gasteiger partial charge >= 0.3 is 11.9 Å². The van der Waals surface area contributed by atoms with E-state index in [4.69, 9.17) is 9.84 Å². The lowest BCUT2D eigenvalue weighted by Crippen LogP contribution is -2.07. The summed E-state index contributed by atoms with van der Waals surface area (Å²) in [5, 5.41) is 8.60. The number of carbonyl (C=O) groups is 2. The highest BCUT2D eigenvalue weighted by Crippen LogP contribution is 2.09. The van der Waals surface area contributed by atoms with Gasteiger partial charge in [0.2, 0.25) is 0 Å². The van der Waals surface area contributed by atoms with Crippen molar-refractivity contribution in [2.75, 3.05) is 6.61 Å². The van der Waals surface area contributed by atoms with Crippen LogP contribution in [0.3, 0.4) is 0 Å². The van der Waals surface area contributed by atoms with Crippen molar-refractivity contribution in [1.29, 1.82) is 0 Å². The Kier molecular flexibility index (Phi) is 5.91. The first-order valence-electron chi connectivity index (χ1n) is 6.11. The van der Waals surface area contributed by atoms with Gasteiger partial charge in [0.05, 0.1) is 12.2 Å². The zero-order chi connectivity index (χ0) is 13.4. The molecule has 0 heterocycles. The number of carboxylic acid groups (broad SMARTS) is 1. The number of aryl methyl sites for hydroxylation is 1. The third-order valence-corrected chi connectivity index (χ3v) is 2.52. The van der Waals surface area contributed by atoms with Crippen molar-refractivity contribution < 1.29 is 19.4 Å².